The number of carbonyl (C=O) groups is 4. The summed E-state index contributed by atoms with van der Waals surface area (Å²) in [6, 6.07) is 16.4. The maximum Gasteiger partial charge on any atom is 0.343 e. The molecular formula is C26H17NO6. The van der Waals surface area contributed by atoms with E-state index in [0.29, 0.717) is 11.3 Å². The van der Waals surface area contributed by atoms with Crippen LogP contribution in [0, 0.1) is 0 Å². The number of aromatic carboxylic acids is 1. The van der Waals surface area contributed by atoms with Crippen LogP contribution in [0.15, 0.2) is 72.8 Å². The highest BCUT2D eigenvalue weighted by atomic mass is 16.5. The number of hydrogen-bond donors (Lipinski definition) is 1. The van der Waals surface area contributed by atoms with Crippen LogP contribution < -0.4 is 9.64 Å². The van der Waals surface area contributed by atoms with Gasteiger partial charge in [0.1, 0.15) is 5.75 Å². The van der Waals surface area contributed by atoms with Gasteiger partial charge in [-0.2, -0.15) is 0 Å². The second kappa shape index (κ2) is 7.56. The summed E-state index contributed by atoms with van der Waals surface area (Å²) in [5.41, 5.74) is 4.84. The molecule has 7 nitrogen and oxygen atoms in total. The van der Waals surface area contributed by atoms with Crippen molar-refractivity contribution in [2.75, 3.05) is 4.90 Å². The average molecular weight is 439 g/mol. The van der Waals surface area contributed by atoms with Gasteiger partial charge in [-0.25, -0.2) is 14.5 Å². The summed E-state index contributed by atoms with van der Waals surface area (Å²) in [6.45, 7) is 2.00. The molecule has 0 spiro atoms. The number of nitrogens with zero attached hydrogens (tertiary/aromatic N) is 1. The van der Waals surface area contributed by atoms with Crippen molar-refractivity contribution in [3.05, 3.63) is 95.1 Å². The summed E-state index contributed by atoms with van der Waals surface area (Å²) < 4.78 is 5.40. The molecule has 3 aromatic rings. The third-order valence-corrected chi connectivity index (χ3v) is 5.92. The zero-order chi connectivity index (χ0) is 23.3. The van der Waals surface area contributed by atoms with Crippen LogP contribution >= 0.6 is 0 Å². The van der Waals surface area contributed by atoms with E-state index in [1.165, 1.54) is 36.4 Å². The van der Waals surface area contributed by atoms with Crippen molar-refractivity contribution in [2.45, 2.75) is 12.8 Å². The van der Waals surface area contributed by atoms with Crippen LogP contribution in [0.1, 0.15) is 44.7 Å². The van der Waals surface area contributed by atoms with E-state index < -0.39 is 11.9 Å². The highest BCUT2D eigenvalue weighted by Gasteiger charge is 2.30. The molecule has 0 radical (unpaired) electrons. The maximum absolute atomic E-state index is 12.7. The van der Waals surface area contributed by atoms with Crippen molar-refractivity contribution in [2.24, 2.45) is 0 Å². The Bertz CT molecular complexity index is 1370. The fourth-order valence-corrected chi connectivity index (χ4v) is 4.24. The van der Waals surface area contributed by atoms with Gasteiger partial charge in [-0.1, -0.05) is 19.1 Å². The number of hydrogen-bond acceptors (Lipinski definition) is 5. The van der Waals surface area contributed by atoms with E-state index in [1.807, 2.05) is 25.1 Å². The topological polar surface area (TPSA) is 101 Å². The Morgan fingerprint density at radius 3 is 2.03 bits per heavy atom. The lowest BCUT2D eigenvalue weighted by Crippen LogP contribution is -2.29. The molecule has 1 aliphatic carbocycles. The molecule has 3 aromatic carbocycles. The number of carbonyl (C=O) groups excluding carboxylic acids is 3. The molecule has 7 heteroatoms. The molecule has 0 bridgehead atoms. The average Bonchev–Trinajstić information content (AvgIpc) is 3.29. The van der Waals surface area contributed by atoms with Gasteiger partial charge < -0.3 is 9.84 Å². The maximum atomic E-state index is 12.7. The Balaban J connectivity index is 1.41. The first-order valence-electron chi connectivity index (χ1n) is 10.2. The van der Waals surface area contributed by atoms with Crippen molar-refractivity contribution < 1.29 is 29.0 Å². The number of benzene rings is 3. The molecule has 1 unspecified atom stereocenters. The molecule has 1 aliphatic heterocycles. The van der Waals surface area contributed by atoms with Crippen LogP contribution in [-0.2, 0) is 9.59 Å². The number of amides is 2. The third-order valence-electron chi connectivity index (χ3n) is 5.92. The highest BCUT2D eigenvalue weighted by molar-refractivity contribution is 6.28. The lowest BCUT2D eigenvalue weighted by Gasteiger charge is -2.16. The highest BCUT2D eigenvalue weighted by Crippen LogP contribution is 2.46. The molecule has 162 valence electrons. The van der Waals surface area contributed by atoms with Crippen LogP contribution in [0.25, 0.3) is 11.1 Å². The zero-order valence-corrected chi connectivity index (χ0v) is 17.4. The van der Waals surface area contributed by atoms with E-state index in [4.69, 9.17) is 9.84 Å². The van der Waals surface area contributed by atoms with E-state index in [9.17, 15) is 19.2 Å². The van der Waals surface area contributed by atoms with Crippen molar-refractivity contribution in [1.82, 2.24) is 0 Å². The summed E-state index contributed by atoms with van der Waals surface area (Å²) in [5.74, 6) is -2.16. The minimum atomic E-state index is -1.06. The Kier molecular flexibility index (Phi) is 4.67. The summed E-state index contributed by atoms with van der Waals surface area (Å²) in [4.78, 5) is 48.9. The van der Waals surface area contributed by atoms with Crippen molar-refractivity contribution in [3.63, 3.8) is 0 Å². The van der Waals surface area contributed by atoms with E-state index in [0.717, 1.165) is 27.2 Å². The van der Waals surface area contributed by atoms with Gasteiger partial charge in [0.15, 0.2) is 0 Å². The van der Waals surface area contributed by atoms with Crippen LogP contribution in [-0.4, -0.2) is 28.9 Å². The van der Waals surface area contributed by atoms with Gasteiger partial charge >= 0.3 is 11.9 Å². The number of anilines is 1. The normalized spacial score (nSPS) is 16.0. The van der Waals surface area contributed by atoms with Crippen LogP contribution in [0.3, 0.4) is 0 Å². The predicted molar refractivity (Wildman–Crippen MR) is 119 cm³/mol. The molecule has 1 heterocycles. The van der Waals surface area contributed by atoms with Crippen molar-refractivity contribution in [3.8, 4) is 16.9 Å². The fraction of sp³-hybridized carbons (Fsp3) is 0.0769. The molecule has 1 atom stereocenters. The lowest BCUT2D eigenvalue weighted by molar-refractivity contribution is -0.120. The number of imide groups is 1. The Morgan fingerprint density at radius 2 is 1.39 bits per heavy atom. The fourth-order valence-electron chi connectivity index (χ4n) is 4.24. The van der Waals surface area contributed by atoms with Crippen molar-refractivity contribution >= 4 is 29.4 Å². The zero-order valence-electron chi connectivity index (χ0n) is 17.4. The van der Waals surface area contributed by atoms with Gasteiger partial charge in [0.25, 0.3) is 11.8 Å². The second-order valence-corrected chi connectivity index (χ2v) is 7.86. The smallest absolute Gasteiger partial charge is 0.343 e. The molecular weight excluding hydrogens is 422 g/mol. The monoisotopic (exact) mass is 439 g/mol. The third kappa shape index (κ3) is 3.40. The number of rotatable bonds is 4. The quantitative estimate of drug-likeness (QED) is 0.372. The minimum Gasteiger partial charge on any atom is -0.478 e. The van der Waals surface area contributed by atoms with Crippen molar-refractivity contribution in [1.29, 1.82) is 0 Å². The summed E-state index contributed by atoms with van der Waals surface area (Å²) in [6.07, 6.45) is 2.50. The largest absolute Gasteiger partial charge is 0.478 e. The van der Waals surface area contributed by atoms with Gasteiger partial charge in [-0.3, -0.25) is 9.59 Å². The number of fused-ring (bicyclic) bond motifs is 3. The van der Waals surface area contributed by atoms with Crippen LogP contribution in [0.4, 0.5) is 5.69 Å². The second-order valence-electron chi connectivity index (χ2n) is 7.86. The first kappa shape index (κ1) is 20.4. The Hall–Kier alpha value is -4.52. The molecule has 0 aromatic heterocycles. The number of esters is 1. The Labute approximate surface area is 188 Å². The van der Waals surface area contributed by atoms with Gasteiger partial charge in [0, 0.05) is 18.1 Å². The molecule has 0 saturated carbocycles. The first-order valence-corrected chi connectivity index (χ1v) is 10.2. The summed E-state index contributed by atoms with van der Waals surface area (Å²) in [7, 11) is 0. The molecule has 5 rings (SSSR count). The summed E-state index contributed by atoms with van der Waals surface area (Å²) >= 11 is 0. The minimum absolute atomic E-state index is 0.0571. The summed E-state index contributed by atoms with van der Waals surface area (Å²) in [5, 5.41) is 8.98. The molecule has 2 amide bonds. The molecule has 33 heavy (non-hydrogen) atoms. The lowest BCUT2D eigenvalue weighted by atomic mass is 9.97. The van der Waals surface area contributed by atoms with Gasteiger partial charge in [0.2, 0.25) is 0 Å². The molecule has 0 saturated heterocycles. The Morgan fingerprint density at radius 1 is 0.818 bits per heavy atom. The van der Waals surface area contributed by atoms with Gasteiger partial charge in [-0.15, -0.1) is 0 Å². The van der Waals surface area contributed by atoms with E-state index in [2.05, 4.69) is 0 Å². The standard InChI is InChI=1S/C26H17NO6/c1-14-21-12-16(26(32)33-18-6-2-15(3-7-18)25(30)31)4-8-19(21)20-9-5-17(13-22(14)20)27-23(28)10-11-24(27)29/h2-14H,1H3,(H,30,31). The van der Waals surface area contributed by atoms with E-state index in [-0.39, 0.29) is 29.0 Å². The van der Waals surface area contributed by atoms with Crippen LogP contribution in [0.5, 0.6) is 5.75 Å². The number of carboxylic acid groups (broad SMARTS) is 1. The predicted octanol–water partition coefficient (Wildman–Crippen LogP) is 4.17. The van der Waals surface area contributed by atoms with Gasteiger partial charge in [0.05, 0.1) is 16.8 Å². The number of carboxylic acids is 1. The molecule has 0 fully saturated rings. The SMILES string of the molecule is CC1c2cc(C(=O)Oc3ccc(C(=O)O)cc3)ccc2-c2ccc(N3C(=O)C=CC3=O)cc21. The van der Waals surface area contributed by atoms with Gasteiger partial charge in [-0.05, 0) is 70.8 Å². The molecule has 1 N–H and O–H groups in total. The number of ether oxygens (including phenoxy) is 1. The van der Waals surface area contributed by atoms with Crippen LogP contribution in [0.2, 0.25) is 0 Å². The molecule has 2 aliphatic rings. The van der Waals surface area contributed by atoms with E-state index in [1.54, 1.807) is 18.2 Å². The first-order chi connectivity index (χ1) is 15.8. The van der Waals surface area contributed by atoms with E-state index >= 15 is 0 Å².